The van der Waals surface area contributed by atoms with Gasteiger partial charge in [-0.05, 0) is 24.5 Å². The van der Waals surface area contributed by atoms with Gasteiger partial charge in [0, 0.05) is 12.2 Å². The minimum Gasteiger partial charge on any atom is -0.423 e. The molecule has 0 aliphatic rings. The van der Waals surface area contributed by atoms with Crippen LogP contribution in [0.5, 0.6) is 0 Å². The maximum Gasteiger partial charge on any atom is 0.488 e. The topological polar surface area (TPSA) is 72.7 Å². The van der Waals surface area contributed by atoms with Crippen molar-refractivity contribution < 1.29 is 15.2 Å². The van der Waals surface area contributed by atoms with Crippen LogP contribution in [0.3, 0.4) is 0 Å². The van der Waals surface area contributed by atoms with Crippen molar-refractivity contribution in [2.45, 2.75) is 13.0 Å². The summed E-state index contributed by atoms with van der Waals surface area (Å²) in [6.45, 7) is 2.17. The van der Waals surface area contributed by atoms with Gasteiger partial charge in [-0.15, -0.1) is 0 Å². The maximum absolute atomic E-state index is 9.01. The Kier molecular flexibility index (Phi) is 3.94. The molecule has 0 saturated heterocycles. The van der Waals surface area contributed by atoms with Crippen LogP contribution in [0.2, 0.25) is 0 Å². The number of nitrogens with one attached hydrogen (secondary N) is 1. The van der Waals surface area contributed by atoms with Crippen molar-refractivity contribution in [1.29, 1.82) is 0 Å². The van der Waals surface area contributed by atoms with Crippen molar-refractivity contribution in [1.82, 2.24) is 0 Å². The van der Waals surface area contributed by atoms with Gasteiger partial charge in [-0.1, -0.05) is 12.1 Å². The zero-order valence-electron chi connectivity index (χ0n) is 8.01. The van der Waals surface area contributed by atoms with Gasteiger partial charge in [-0.2, -0.15) is 0 Å². The maximum atomic E-state index is 9.01. The van der Waals surface area contributed by atoms with Gasteiger partial charge in [-0.3, -0.25) is 0 Å². The largest absolute Gasteiger partial charge is 0.488 e. The Labute approximate surface area is 83.4 Å². The molecule has 0 bridgehead atoms. The molecule has 0 heterocycles. The molecule has 0 spiro atoms. The summed E-state index contributed by atoms with van der Waals surface area (Å²) < 4.78 is 0. The smallest absolute Gasteiger partial charge is 0.423 e. The van der Waals surface area contributed by atoms with E-state index in [9.17, 15) is 0 Å². The minimum atomic E-state index is -1.43. The molecule has 1 atom stereocenters. The number of hydrogen-bond acceptors (Lipinski definition) is 4. The summed E-state index contributed by atoms with van der Waals surface area (Å²) in [7, 11) is -1.43. The first kappa shape index (κ1) is 11.0. The Balaban J connectivity index is 2.55. The molecule has 1 aromatic rings. The highest BCUT2D eigenvalue weighted by Gasteiger charge is 2.09. The van der Waals surface area contributed by atoms with Gasteiger partial charge >= 0.3 is 7.12 Å². The van der Waals surface area contributed by atoms with Crippen LogP contribution in [0.4, 0.5) is 5.69 Å². The van der Waals surface area contributed by atoms with Crippen LogP contribution in [0, 0.1) is 0 Å². The van der Waals surface area contributed by atoms with Crippen LogP contribution >= 0.6 is 0 Å². The standard InChI is InChI=1S/C9H14BNO3/c1-7(12)6-11-9-4-2-8(3-5-9)10(13)14/h2-5,7,11-14H,6H2,1H3. The van der Waals surface area contributed by atoms with Gasteiger partial charge in [0.1, 0.15) is 0 Å². The normalized spacial score (nSPS) is 12.3. The molecule has 0 aromatic heterocycles. The molecule has 0 aliphatic carbocycles. The number of rotatable bonds is 4. The molecule has 5 heteroatoms. The van der Waals surface area contributed by atoms with Crippen LogP contribution in [0.15, 0.2) is 24.3 Å². The van der Waals surface area contributed by atoms with Gasteiger partial charge in [0.25, 0.3) is 0 Å². The van der Waals surface area contributed by atoms with E-state index >= 15 is 0 Å². The summed E-state index contributed by atoms with van der Waals surface area (Å²) in [4.78, 5) is 0. The summed E-state index contributed by atoms with van der Waals surface area (Å²) in [6, 6.07) is 6.71. The fraction of sp³-hybridized carbons (Fsp3) is 0.333. The van der Waals surface area contributed by atoms with E-state index in [4.69, 9.17) is 15.2 Å². The van der Waals surface area contributed by atoms with Crippen molar-refractivity contribution in [3.63, 3.8) is 0 Å². The first-order valence-electron chi connectivity index (χ1n) is 4.47. The van der Waals surface area contributed by atoms with Crippen LogP contribution in [-0.2, 0) is 0 Å². The Morgan fingerprint density at radius 1 is 1.29 bits per heavy atom. The lowest BCUT2D eigenvalue weighted by Gasteiger charge is -2.08. The average molecular weight is 195 g/mol. The van der Waals surface area contributed by atoms with Gasteiger partial charge < -0.3 is 20.5 Å². The molecule has 76 valence electrons. The highest BCUT2D eigenvalue weighted by atomic mass is 16.4. The van der Waals surface area contributed by atoms with E-state index in [2.05, 4.69) is 5.32 Å². The third-order valence-corrected chi connectivity index (χ3v) is 1.81. The number of benzene rings is 1. The summed E-state index contributed by atoms with van der Waals surface area (Å²) in [5.74, 6) is 0. The SMILES string of the molecule is CC(O)CNc1ccc(B(O)O)cc1. The number of aliphatic hydroxyl groups is 1. The van der Waals surface area contributed by atoms with Crippen LogP contribution in [0.25, 0.3) is 0 Å². The van der Waals surface area contributed by atoms with Crippen molar-refractivity contribution in [3.05, 3.63) is 24.3 Å². The van der Waals surface area contributed by atoms with Gasteiger partial charge in [0.05, 0.1) is 6.10 Å². The Hall–Kier alpha value is -1.04. The molecule has 1 aromatic carbocycles. The average Bonchev–Trinajstić information content (AvgIpc) is 2.15. The molecule has 1 rings (SSSR count). The predicted molar refractivity (Wildman–Crippen MR) is 56.4 cm³/mol. The van der Waals surface area contributed by atoms with Gasteiger partial charge in [-0.25, -0.2) is 0 Å². The number of aliphatic hydroxyl groups excluding tert-OH is 1. The second-order valence-corrected chi connectivity index (χ2v) is 3.23. The molecular weight excluding hydrogens is 181 g/mol. The van der Waals surface area contributed by atoms with Crippen LogP contribution in [0.1, 0.15) is 6.92 Å². The monoisotopic (exact) mass is 195 g/mol. The first-order valence-corrected chi connectivity index (χ1v) is 4.47. The van der Waals surface area contributed by atoms with E-state index in [1.807, 2.05) is 0 Å². The lowest BCUT2D eigenvalue weighted by molar-refractivity contribution is 0.208. The molecule has 14 heavy (non-hydrogen) atoms. The van der Waals surface area contributed by atoms with Gasteiger partial charge in [0.2, 0.25) is 0 Å². The van der Waals surface area contributed by atoms with E-state index < -0.39 is 13.2 Å². The van der Waals surface area contributed by atoms with E-state index in [1.165, 1.54) is 0 Å². The minimum absolute atomic E-state index is 0.405. The molecule has 0 amide bonds. The Morgan fingerprint density at radius 2 is 1.86 bits per heavy atom. The number of hydrogen-bond donors (Lipinski definition) is 4. The molecule has 0 saturated carbocycles. The second kappa shape index (κ2) is 5.00. The van der Waals surface area contributed by atoms with E-state index in [0.29, 0.717) is 12.0 Å². The van der Waals surface area contributed by atoms with Crippen molar-refractivity contribution in [2.75, 3.05) is 11.9 Å². The van der Waals surface area contributed by atoms with Crippen LogP contribution in [-0.4, -0.2) is 34.9 Å². The summed E-state index contributed by atoms with van der Waals surface area (Å²) in [5, 5.41) is 29.7. The fourth-order valence-electron chi connectivity index (χ4n) is 1.04. The zero-order valence-corrected chi connectivity index (χ0v) is 8.01. The lowest BCUT2D eigenvalue weighted by atomic mass is 9.80. The quantitative estimate of drug-likeness (QED) is 0.472. The summed E-state index contributed by atoms with van der Waals surface area (Å²) in [6.07, 6.45) is -0.405. The van der Waals surface area contributed by atoms with E-state index in [1.54, 1.807) is 31.2 Å². The highest BCUT2D eigenvalue weighted by molar-refractivity contribution is 6.58. The third-order valence-electron chi connectivity index (χ3n) is 1.81. The highest BCUT2D eigenvalue weighted by Crippen LogP contribution is 2.03. The third kappa shape index (κ3) is 3.37. The Bertz CT molecular complexity index is 274. The van der Waals surface area contributed by atoms with Crippen molar-refractivity contribution in [2.24, 2.45) is 0 Å². The molecule has 4 nitrogen and oxygen atoms in total. The van der Waals surface area contributed by atoms with Crippen molar-refractivity contribution >= 4 is 18.3 Å². The van der Waals surface area contributed by atoms with Crippen molar-refractivity contribution in [3.8, 4) is 0 Å². The summed E-state index contributed by atoms with van der Waals surface area (Å²) >= 11 is 0. The number of anilines is 1. The lowest BCUT2D eigenvalue weighted by Crippen LogP contribution is -2.29. The molecule has 1 unspecified atom stereocenters. The van der Waals surface area contributed by atoms with E-state index in [0.717, 1.165) is 5.69 Å². The molecular formula is C9H14BNO3. The fourth-order valence-corrected chi connectivity index (χ4v) is 1.04. The molecule has 0 fully saturated rings. The zero-order chi connectivity index (χ0) is 10.6. The van der Waals surface area contributed by atoms with Crippen LogP contribution < -0.4 is 10.8 Å². The second-order valence-electron chi connectivity index (χ2n) is 3.23. The summed E-state index contributed by atoms with van der Waals surface area (Å²) in [5.41, 5.74) is 1.29. The van der Waals surface area contributed by atoms with E-state index in [-0.39, 0.29) is 0 Å². The first-order chi connectivity index (χ1) is 6.59. The molecule has 0 radical (unpaired) electrons. The predicted octanol–water partition coefficient (Wildman–Crippen LogP) is -0.841. The van der Waals surface area contributed by atoms with Gasteiger partial charge in [0.15, 0.2) is 0 Å². The molecule has 0 aliphatic heterocycles. The molecule has 4 N–H and O–H groups in total. The Morgan fingerprint density at radius 3 is 2.29 bits per heavy atom.